The van der Waals surface area contributed by atoms with Crippen LogP contribution in [0.2, 0.25) is 0 Å². The second-order valence-electron chi connectivity index (χ2n) is 6.03. The fourth-order valence-corrected chi connectivity index (χ4v) is 3.05. The van der Waals surface area contributed by atoms with Crippen LogP contribution in [0.1, 0.15) is 37.1 Å². The molecule has 0 spiro atoms. The van der Waals surface area contributed by atoms with Gasteiger partial charge in [0.05, 0.1) is 0 Å². The van der Waals surface area contributed by atoms with Crippen LogP contribution in [-0.2, 0) is 24.2 Å². The number of hydrogen-bond donors (Lipinski definition) is 2. The van der Waals surface area contributed by atoms with Crippen LogP contribution >= 0.6 is 0 Å². The van der Waals surface area contributed by atoms with E-state index in [0.717, 1.165) is 31.5 Å². The summed E-state index contributed by atoms with van der Waals surface area (Å²) in [5.41, 5.74) is 1.11. The first-order valence-electron chi connectivity index (χ1n) is 8.20. The van der Waals surface area contributed by atoms with Gasteiger partial charge < -0.3 is 5.32 Å². The van der Waals surface area contributed by atoms with Crippen LogP contribution < -0.4 is 11.0 Å². The maximum absolute atomic E-state index is 12.1. The Labute approximate surface area is 134 Å². The van der Waals surface area contributed by atoms with Gasteiger partial charge in [0.2, 0.25) is 5.91 Å². The zero-order valence-electron chi connectivity index (χ0n) is 13.1. The Hall–Kier alpha value is -2.37. The van der Waals surface area contributed by atoms with Gasteiger partial charge >= 0.3 is 5.69 Å². The van der Waals surface area contributed by atoms with Crippen molar-refractivity contribution in [1.82, 2.24) is 20.1 Å². The zero-order valence-corrected chi connectivity index (χ0v) is 13.1. The molecule has 0 saturated heterocycles. The van der Waals surface area contributed by atoms with E-state index in [9.17, 15) is 9.59 Å². The molecule has 2 N–H and O–H groups in total. The van der Waals surface area contributed by atoms with Crippen molar-refractivity contribution < 1.29 is 4.79 Å². The Bertz CT molecular complexity index is 705. The number of carbonyl (C=O) groups is 1. The highest BCUT2D eigenvalue weighted by atomic mass is 16.2. The third kappa shape index (κ3) is 4.09. The Kier molecular flexibility index (Phi) is 4.90. The number of aromatic amines is 1. The first-order chi connectivity index (χ1) is 11.2. The third-order valence-electron chi connectivity index (χ3n) is 4.33. The van der Waals surface area contributed by atoms with Gasteiger partial charge in [0.15, 0.2) is 0 Å². The number of amides is 1. The van der Waals surface area contributed by atoms with E-state index in [1.165, 1.54) is 5.56 Å². The lowest BCUT2D eigenvalue weighted by Gasteiger charge is -2.15. The number of carbonyl (C=O) groups excluding carboxylic acids is 1. The summed E-state index contributed by atoms with van der Waals surface area (Å²) in [6.45, 7) is 0.611. The van der Waals surface area contributed by atoms with Gasteiger partial charge in [-0.3, -0.25) is 9.36 Å². The minimum atomic E-state index is -0.158. The number of hydrogen-bond acceptors (Lipinski definition) is 3. The maximum atomic E-state index is 12.1. The van der Waals surface area contributed by atoms with Gasteiger partial charge in [-0.1, -0.05) is 30.3 Å². The Morgan fingerprint density at radius 1 is 1.30 bits per heavy atom. The normalized spacial score (nSPS) is 17.3. The highest BCUT2D eigenvalue weighted by Gasteiger charge is 2.19. The molecule has 1 amide bonds. The molecule has 2 aromatic rings. The molecule has 1 aliphatic heterocycles. The molecule has 1 aliphatic rings. The molecule has 1 aromatic carbocycles. The zero-order chi connectivity index (χ0) is 16.1. The summed E-state index contributed by atoms with van der Waals surface area (Å²) < 4.78 is 1.67. The lowest BCUT2D eigenvalue weighted by molar-refractivity contribution is -0.122. The van der Waals surface area contributed by atoms with E-state index >= 15 is 0 Å². The van der Waals surface area contributed by atoms with Gasteiger partial charge in [-0.2, -0.15) is 5.10 Å². The Morgan fingerprint density at radius 3 is 2.96 bits per heavy atom. The molecule has 0 bridgehead atoms. The van der Waals surface area contributed by atoms with Gasteiger partial charge in [-0.25, -0.2) is 9.89 Å². The van der Waals surface area contributed by atoms with Crippen LogP contribution in [0.4, 0.5) is 0 Å². The monoisotopic (exact) mass is 314 g/mol. The number of nitrogens with zero attached hydrogens (tertiary/aromatic N) is 2. The van der Waals surface area contributed by atoms with Gasteiger partial charge in [-0.05, 0) is 31.2 Å². The maximum Gasteiger partial charge on any atom is 0.343 e. The number of fused-ring (bicyclic) bond motifs is 1. The quantitative estimate of drug-likeness (QED) is 0.876. The minimum Gasteiger partial charge on any atom is -0.353 e. The van der Waals surface area contributed by atoms with Crippen LogP contribution in [0.25, 0.3) is 0 Å². The first-order valence-corrected chi connectivity index (χ1v) is 8.20. The molecule has 1 unspecified atom stereocenters. The molecule has 0 saturated carbocycles. The molecule has 0 fully saturated rings. The van der Waals surface area contributed by atoms with Crippen molar-refractivity contribution in [2.45, 2.75) is 51.1 Å². The summed E-state index contributed by atoms with van der Waals surface area (Å²) in [5.74, 6) is 0.884. The van der Waals surface area contributed by atoms with Gasteiger partial charge in [0, 0.05) is 25.4 Å². The molecule has 2 heterocycles. The number of nitrogens with one attached hydrogen (secondary N) is 2. The van der Waals surface area contributed by atoms with Crippen molar-refractivity contribution in [2.24, 2.45) is 0 Å². The van der Waals surface area contributed by atoms with Crippen LogP contribution in [0, 0.1) is 0 Å². The number of rotatable bonds is 5. The molecular weight excluding hydrogens is 292 g/mol. The number of benzene rings is 1. The molecule has 1 atom stereocenters. The summed E-state index contributed by atoms with van der Waals surface area (Å²) in [7, 11) is 0. The predicted molar refractivity (Wildman–Crippen MR) is 87.1 cm³/mol. The fourth-order valence-electron chi connectivity index (χ4n) is 3.05. The van der Waals surface area contributed by atoms with Crippen LogP contribution in [0.3, 0.4) is 0 Å². The molecular formula is C17H22N4O2. The van der Waals surface area contributed by atoms with E-state index in [0.29, 0.717) is 19.4 Å². The molecule has 0 radical (unpaired) electrons. The lowest BCUT2D eigenvalue weighted by atomic mass is 10.1. The third-order valence-corrected chi connectivity index (χ3v) is 4.33. The molecule has 1 aromatic heterocycles. The molecule has 6 nitrogen and oxygen atoms in total. The smallest absolute Gasteiger partial charge is 0.343 e. The standard InChI is InChI=1S/C17H22N4O2/c22-16(8-4-7-13-5-2-1-3-6-13)18-14-9-10-15-19-20-17(23)21(15)12-11-14/h1-3,5-6,14H,4,7-12H2,(H,18,22)(H,20,23). The number of H-pyrrole nitrogens is 1. The molecule has 122 valence electrons. The summed E-state index contributed by atoms with van der Waals surface area (Å²) in [6, 6.07) is 10.3. The largest absolute Gasteiger partial charge is 0.353 e. The summed E-state index contributed by atoms with van der Waals surface area (Å²) in [5, 5.41) is 9.60. The van der Waals surface area contributed by atoms with E-state index in [4.69, 9.17) is 0 Å². The van der Waals surface area contributed by atoms with E-state index < -0.39 is 0 Å². The van der Waals surface area contributed by atoms with E-state index in [2.05, 4.69) is 27.6 Å². The van der Waals surface area contributed by atoms with Crippen molar-refractivity contribution in [3.8, 4) is 0 Å². The highest BCUT2D eigenvalue weighted by Crippen LogP contribution is 2.12. The molecule has 0 aliphatic carbocycles. The molecule has 6 heteroatoms. The van der Waals surface area contributed by atoms with E-state index in [-0.39, 0.29) is 17.6 Å². The minimum absolute atomic E-state index is 0.0966. The SMILES string of the molecule is O=C(CCCc1ccccc1)NC1CCc2n[nH]c(=O)n2CC1. The summed E-state index contributed by atoms with van der Waals surface area (Å²) >= 11 is 0. The highest BCUT2D eigenvalue weighted by molar-refractivity contribution is 5.76. The van der Waals surface area contributed by atoms with Crippen molar-refractivity contribution in [3.63, 3.8) is 0 Å². The van der Waals surface area contributed by atoms with Crippen molar-refractivity contribution >= 4 is 5.91 Å². The number of aryl methyl sites for hydroxylation is 2. The van der Waals surface area contributed by atoms with Crippen LogP contribution in [0.5, 0.6) is 0 Å². The molecule has 3 rings (SSSR count). The Balaban J connectivity index is 1.43. The van der Waals surface area contributed by atoms with E-state index in [1.54, 1.807) is 4.57 Å². The number of aromatic nitrogens is 3. The van der Waals surface area contributed by atoms with E-state index in [1.807, 2.05) is 18.2 Å². The average Bonchev–Trinajstić information content (AvgIpc) is 2.78. The van der Waals surface area contributed by atoms with Gasteiger partial charge in [-0.15, -0.1) is 0 Å². The summed E-state index contributed by atoms with van der Waals surface area (Å²) in [4.78, 5) is 23.7. The van der Waals surface area contributed by atoms with Crippen molar-refractivity contribution in [1.29, 1.82) is 0 Å². The average molecular weight is 314 g/mol. The molecule has 23 heavy (non-hydrogen) atoms. The second-order valence-corrected chi connectivity index (χ2v) is 6.03. The Morgan fingerprint density at radius 2 is 2.13 bits per heavy atom. The summed E-state index contributed by atoms with van der Waals surface area (Å²) in [6.07, 6.45) is 4.63. The van der Waals surface area contributed by atoms with Crippen molar-refractivity contribution in [2.75, 3.05) is 0 Å². The predicted octanol–water partition coefficient (Wildman–Crippen LogP) is 1.42. The topological polar surface area (TPSA) is 79.8 Å². The first kappa shape index (κ1) is 15.5. The van der Waals surface area contributed by atoms with Crippen molar-refractivity contribution in [3.05, 3.63) is 52.2 Å². The van der Waals surface area contributed by atoms with Crippen LogP contribution in [-0.4, -0.2) is 26.7 Å². The second kappa shape index (κ2) is 7.26. The van der Waals surface area contributed by atoms with Gasteiger partial charge in [0.25, 0.3) is 0 Å². The van der Waals surface area contributed by atoms with Gasteiger partial charge in [0.1, 0.15) is 5.82 Å². The lowest BCUT2D eigenvalue weighted by Crippen LogP contribution is -2.35. The van der Waals surface area contributed by atoms with Crippen LogP contribution in [0.15, 0.2) is 35.1 Å². The fraction of sp³-hybridized carbons (Fsp3) is 0.471.